The van der Waals surface area contributed by atoms with Crippen molar-refractivity contribution in [2.45, 2.75) is 26.5 Å². The third kappa shape index (κ3) is 4.20. The van der Waals surface area contributed by atoms with Gasteiger partial charge >= 0.3 is 0 Å². The van der Waals surface area contributed by atoms with Crippen LogP contribution in [0.3, 0.4) is 0 Å². The molecule has 158 valence electrons. The van der Waals surface area contributed by atoms with Crippen LogP contribution in [0.5, 0.6) is 17.2 Å². The quantitative estimate of drug-likeness (QED) is 0.540. The van der Waals surface area contributed by atoms with Crippen LogP contribution in [0.25, 0.3) is 10.2 Å². The van der Waals surface area contributed by atoms with E-state index >= 15 is 0 Å². The van der Waals surface area contributed by atoms with E-state index in [1.165, 1.54) is 11.3 Å². The number of hydrogen-bond donors (Lipinski definition) is 0. The molecule has 0 N–H and O–H groups in total. The number of thiazole rings is 1. The fraction of sp³-hybridized carbons (Fsp3) is 0.364. The summed E-state index contributed by atoms with van der Waals surface area (Å²) in [6.45, 7) is 6.29. The number of amides is 1. The van der Waals surface area contributed by atoms with E-state index in [9.17, 15) is 4.79 Å². The van der Waals surface area contributed by atoms with Gasteiger partial charge in [0.25, 0.3) is 5.91 Å². The number of fused-ring (bicyclic) bond motifs is 2. The van der Waals surface area contributed by atoms with Crippen LogP contribution in [-0.2, 0) is 16.1 Å². The lowest BCUT2D eigenvalue weighted by Gasteiger charge is -2.23. The predicted molar refractivity (Wildman–Crippen MR) is 114 cm³/mol. The first kappa shape index (κ1) is 20.4. The molecule has 0 spiro atoms. The van der Waals surface area contributed by atoms with Gasteiger partial charge in [-0.15, -0.1) is 0 Å². The molecule has 3 aromatic rings. The normalized spacial score (nSPS) is 16.1. The van der Waals surface area contributed by atoms with Crippen LogP contribution in [0.2, 0.25) is 0 Å². The van der Waals surface area contributed by atoms with Gasteiger partial charge in [0.1, 0.15) is 17.9 Å². The first-order valence-electron chi connectivity index (χ1n) is 10.0. The standard InChI is InChI=1S/C22H24N2O5S/c1-3-26-13-12-24-20-17(27-4-2)10-7-11-19(20)30-22(24)23-21(25)18-14-28-15-8-5-6-9-16(15)29-18/h5-11,18H,3-4,12-14H2,1-2H3. The van der Waals surface area contributed by atoms with Crippen LogP contribution >= 0.6 is 11.3 Å². The Labute approximate surface area is 178 Å². The largest absolute Gasteiger partial charge is 0.492 e. The second-order valence-electron chi connectivity index (χ2n) is 6.58. The van der Waals surface area contributed by atoms with Crippen molar-refractivity contribution in [2.75, 3.05) is 26.4 Å². The second-order valence-corrected chi connectivity index (χ2v) is 7.59. The molecule has 30 heavy (non-hydrogen) atoms. The van der Waals surface area contributed by atoms with E-state index in [1.807, 2.05) is 54.8 Å². The minimum Gasteiger partial charge on any atom is -0.492 e. The Balaban J connectivity index is 1.70. The number of benzene rings is 2. The first-order chi connectivity index (χ1) is 14.7. The van der Waals surface area contributed by atoms with Crippen molar-refractivity contribution >= 4 is 27.5 Å². The second kappa shape index (κ2) is 9.32. The summed E-state index contributed by atoms with van der Waals surface area (Å²) in [4.78, 5) is 17.9. The molecule has 1 amide bonds. The molecule has 2 aromatic carbocycles. The van der Waals surface area contributed by atoms with Crippen molar-refractivity contribution < 1.29 is 23.7 Å². The molecule has 2 heterocycles. The van der Waals surface area contributed by atoms with Crippen molar-refractivity contribution in [3.05, 3.63) is 47.3 Å². The molecule has 0 radical (unpaired) electrons. The summed E-state index contributed by atoms with van der Waals surface area (Å²) in [5.74, 6) is 1.58. The number of para-hydroxylation sites is 3. The summed E-state index contributed by atoms with van der Waals surface area (Å²) < 4.78 is 25.8. The highest BCUT2D eigenvalue weighted by molar-refractivity contribution is 7.16. The van der Waals surface area contributed by atoms with Crippen molar-refractivity contribution in [1.29, 1.82) is 0 Å². The monoisotopic (exact) mass is 428 g/mol. The van der Waals surface area contributed by atoms with Crippen LogP contribution in [0.15, 0.2) is 47.5 Å². The van der Waals surface area contributed by atoms with E-state index in [0.717, 1.165) is 16.0 Å². The van der Waals surface area contributed by atoms with Crippen molar-refractivity contribution in [3.8, 4) is 17.2 Å². The summed E-state index contributed by atoms with van der Waals surface area (Å²) >= 11 is 1.44. The van der Waals surface area contributed by atoms with Gasteiger partial charge in [-0.3, -0.25) is 4.79 Å². The van der Waals surface area contributed by atoms with Gasteiger partial charge in [0.05, 0.1) is 17.9 Å². The van der Waals surface area contributed by atoms with Gasteiger partial charge in [0.2, 0.25) is 6.10 Å². The zero-order valence-electron chi connectivity index (χ0n) is 17.0. The number of nitrogens with zero attached hydrogens (tertiary/aromatic N) is 2. The molecule has 0 saturated heterocycles. The SMILES string of the molecule is CCOCCn1c(=NC(=O)C2COc3ccccc3O2)sc2cccc(OCC)c21. The predicted octanol–water partition coefficient (Wildman–Crippen LogP) is 3.41. The van der Waals surface area contributed by atoms with Crippen molar-refractivity contribution in [3.63, 3.8) is 0 Å². The average Bonchev–Trinajstić information content (AvgIpc) is 3.11. The smallest absolute Gasteiger partial charge is 0.292 e. The highest BCUT2D eigenvalue weighted by atomic mass is 32.1. The Morgan fingerprint density at radius 2 is 2.00 bits per heavy atom. The topological polar surface area (TPSA) is 71.3 Å². The van der Waals surface area contributed by atoms with Crippen LogP contribution in [0.4, 0.5) is 0 Å². The summed E-state index contributed by atoms with van der Waals surface area (Å²) in [5.41, 5.74) is 0.918. The summed E-state index contributed by atoms with van der Waals surface area (Å²) in [6, 6.07) is 13.2. The molecule has 8 heteroatoms. The van der Waals surface area contributed by atoms with Crippen LogP contribution in [0.1, 0.15) is 13.8 Å². The lowest BCUT2D eigenvalue weighted by atomic mass is 10.2. The number of ether oxygens (including phenoxy) is 4. The molecule has 0 saturated carbocycles. The lowest BCUT2D eigenvalue weighted by Crippen LogP contribution is -2.37. The van der Waals surface area contributed by atoms with E-state index in [2.05, 4.69) is 4.99 Å². The minimum absolute atomic E-state index is 0.132. The number of aromatic nitrogens is 1. The first-order valence-corrected chi connectivity index (χ1v) is 10.8. The molecular weight excluding hydrogens is 404 g/mol. The highest BCUT2D eigenvalue weighted by Gasteiger charge is 2.27. The average molecular weight is 429 g/mol. The molecule has 4 rings (SSSR count). The van der Waals surface area contributed by atoms with Crippen molar-refractivity contribution in [1.82, 2.24) is 4.57 Å². The van der Waals surface area contributed by atoms with E-state index in [1.54, 1.807) is 6.07 Å². The number of carbonyl (C=O) groups excluding carboxylic acids is 1. The zero-order valence-corrected chi connectivity index (χ0v) is 17.8. The Bertz CT molecular complexity index is 1100. The molecule has 1 aromatic heterocycles. The fourth-order valence-corrected chi connectivity index (χ4v) is 4.35. The molecule has 0 bridgehead atoms. The Morgan fingerprint density at radius 1 is 1.17 bits per heavy atom. The number of hydrogen-bond acceptors (Lipinski definition) is 6. The Hall–Kier alpha value is -2.84. The molecule has 0 aliphatic carbocycles. The molecule has 1 aliphatic heterocycles. The third-order valence-electron chi connectivity index (χ3n) is 4.62. The number of rotatable bonds is 7. The maximum absolute atomic E-state index is 12.9. The number of carbonyl (C=O) groups is 1. The van der Waals surface area contributed by atoms with E-state index in [0.29, 0.717) is 42.7 Å². The minimum atomic E-state index is -0.781. The maximum atomic E-state index is 12.9. The van der Waals surface area contributed by atoms with Crippen LogP contribution < -0.4 is 19.0 Å². The van der Waals surface area contributed by atoms with E-state index in [4.69, 9.17) is 18.9 Å². The van der Waals surface area contributed by atoms with Crippen molar-refractivity contribution in [2.24, 2.45) is 4.99 Å². The third-order valence-corrected chi connectivity index (χ3v) is 5.66. The summed E-state index contributed by atoms with van der Waals surface area (Å²) in [6.07, 6.45) is -0.781. The zero-order chi connectivity index (χ0) is 20.9. The fourth-order valence-electron chi connectivity index (χ4n) is 3.27. The van der Waals surface area contributed by atoms with Crippen LogP contribution in [-0.4, -0.2) is 43.0 Å². The maximum Gasteiger partial charge on any atom is 0.292 e. The molecule has 0 fully saturated rings. The molecular formula is C22H24N2O5S. The Kier molecular flexibility index (Phi) is 6.35. The van der Waals surface area contributed by atoms with Gasteiger partial charge in [0.15, 0.2) is 16.3 Å². The van der Waals surface area contributed by atoms with E-state index in [-0.39, 0.29) is 12.5 Å². The summed E-state index contributed by atoms with van der Waals surface area (Å²) in [7, 11) is 0. The molecule has 1 aliphatic rings. The van der Waals surface area contributed by atoms with Gasteiger partial charge in [-0.25, -0.2) is 0 Å². The van der Waals surface area contributed by atoms with Gasteiger partial charge < -0.3 is 23.5 Å². The van der Waals surface area contributed by atoms with Crippen LogP contribution in [0, 0.1) is 0 Å². The van der Waals surface area contributed by atoms with Gasteiger partial charge in [-0.2, -0.15) is 4.99 Å². The van der Waals surface area contributed by atoms with E-state index < -0.39 is 6.10 Å². The summed E-state index contributed by atoms with van der Waals surface area (Å²) in [5, 5.41) is 0. The lowest BCUT2D eigenvalue weighted by molar-refractivity contribution is -0.127. The molecule has 1 unspecified atom stereocenters. The molecule has 1 atom stereocenters. The highest BCUT2D eigenvalue weighted by Crippen LogP contribution is 2.31. The Morgan fingerprint density at radius 3 is 2.80 bits per heavy atom. The van der Waals surface area contributed by atoms with Gasteiger partial charge in [-0.1, -0.05) is 29.5 Å². The van der Waals surface area contributed by atoms with Gasteiger partial charge in [-0.05, 0) is 38.1 Å². The molecule has 7 nitrogen and oxygen atoms in total. The van der Waals surface area contributed by atoms with Gasteiger partial charge in [0, 0.05) is 13.2 Å².